The lowest BCUT2D eigenvalue weighted by molar-refractivity contribution is -0.142. The fraction of sp³-hybridized carbons (Fsp3) is 0.579. The minimum atomic E-state index is -0.726. The van der Waals surface area contributed by atoms with Crippen molar-refractivity contribution in [1.82, 2.24) is 5.32 Å². The van der Waals surface area contributed by atoms with Crippen LogP contribution in [0.2, 0.25) is 0 Å². The zero-order valence-corrected chi connectivity index (χ0v) is 14.8. The van der Waals surface area contributed by atoms with E-state index in [1.807, 2.05) is 0 Å². The van der Waals surface area contributed by atoms with Crippen LogP contribution >= 0.6 is 0 Å². The largest absolute Gasteiger partial charge is 0.506 e. The van der Waals surface area contributed by atoms with Crippen molar-refractivity contribution in [2.75, 3.05) is 11.9 Å². The van der Waals surface area contributed by atoms with Crippen LogP contribution in [0.25, 0.3) is 0 Å². The van der Waals surface area contributed by atoms with Gasteiger partial charge in [-0.2, -0.15) is 0 Å². The summed E-state index contributed by atoms with van der Waals surface area (Å²) in [6, 6.07) is 5.02. The molecule has 0 atom stereocenters. The number of anilines is 1. The Kier molecular flexibility index (Phi) is 7.10. The lowest BCUT2D eigenvalue weighted by atomic mass is 9.86. The van der Waals surface area contributed by atoms with Gasteiger partial charge in [-0.05, 0) is 50.3 Å². The second-order valence-corrected chi connectivity index (χ2v) is 6.73. The Hall–Kier alpha value is -2.24. The van der Waals surface area contributed by atoms with Gasteiger partial charge >= 0.3 is 5.97 Å². The molecule has 0 radical (unpaired) electrons. The molecule has 0 aliphatic heterocycles. The highest BCUT2D eigenvalue weighted by atomic mass is 16.4. The molecular weight excluding hydrogens is 320 g/mol. The fourth-order valence-corrected chi connectivity index (χ4v) is 3.18. The van der Waals surface area contributed by atoms with E-state index in [2.05, 4.69) is 17.6 Å². The summed E-state index contributed by atoms with van der Waals surface area (Å²) < 4.78 is 0. The van der Waals surface area contributed by atoms with Gasteiger partial charge in [0.15, 0.2) is 0 Å². The molecular formula is C19H28N2O4. The van der Waals surface area contributed by atoms with Crippen molar-refractivity contribution in [3.63, 3.8) is 0 Å². The molecule has 2 rings (SSSR count). The molecule has 1 fully saturated rings. The molecule has 0 spiro atoms. The molecule has 6 heteroatoms. The van der Waals surface area contributed by atoms with Gasteiger partial charge in [0.05, 0.1) is 11.6 Å². The first-order valence-electron chi connectivity index (χ1n) is 9.11. The third kappa shape index (κ3) is 5.66. The van der Waals surface area contributed by atoms with E-state index in [1.165, 1.54) is 6.07 Å². The number of aliphatic carboxylic acids is 1. The Labute approximate surface area is 148 Å². The van der Waals surface area contributed by atoms with Crippen LogP contribution < -0.4 is 10.6 Å². The molecule has 4 N–H and O–H groups in total. The Morgan fingerprint density at radius 1 is 1.16 bits per heavy atom. The van der Waals surface area contributed by atoms with E-state index in [-0.39, 0.29) is 23.6 Å². The summed E-state index contributed by atoms with van der Waals surface area (Å²) in [6.45, 7) is 2.75. The predicted octanol–water partition coefficient (Wildman–Crippen LogP) is 3.37. The van der Waals surface area contributed by atoms with Crippen molar-refractivity contribution in [2.24, 2.45) is 5.92 Å². The van der Waals surface area contributed by atoms with Crippen molar-refractivity contribution in [2.45, 2.75) is 57.9 Å². The number of hydrogen-bond donors (Lipinski definition) is 4. The van der Waals surface area contributed by atoms with Gasteiger partial charge in [0, 0.05) is 18.2 Å². The number of unbranched alkanes of at least 4 members (excludes halogenated alkanes) is 2. The second-order valence-electron chi connectivity index (χ2n) is 6.73. The van der Waals surface area contributed by atoms with E-state index >= 15 is 0 Å². The first-order chi connectivity index (χ1) is 12.0. The summed E-state index contributed by atoms with van der Waals surface area (Å²) in [4.78, 5) is 23.1. The second kappa shape index (κ2) is 9.30. The van der Waals surface area contributed by atoms with Crippen molar-refractivity contribution >= 4 is 17.6 Å². The van der Waals surface area contributed by atoms with E-state index in [9.17, 15) is 14.7 Å². The van der Waals surface area contributed by atoms with Crippen LogP contribution in [0.3, 0.4) is 0 Å². The maximum Gasteiger partial charge on any atom is 0.306 e. The van der Waals surface area contributed by atoms with Crippen LogP contribution in [0, 0.1) is 5.92 Å². The number of hydrogen-bond acceptors (Lipinski definition) is 4. The van der Waals surface area contributed by atoms with E-state index in [4.69, 9.17) is 5.11 Å². The molecule has 0 saturated heterocycles. The SMILES string of the molecule is CCCCCNC(=O)c1ccc(NC2CCC(C(=O)O)CC2)c(O)c1. The van der Waals surface area contributed by atoms with Gasteiger partial charge < -0.3 is 20.8 Å². The molecule has 0 unspecified atom stereocenters. The molecule has 0 bridgehead atoms. The summed E-state index contributed by atoms with van der Waals surface area (Å²) in [5.74, 6) is -1.12. The molecule has 1 aromatic carbocycles. The predicted molar refractivity (Wildman–Crippen MR) is 97.0 cm³/mol. The molecule has 1 aliphatic carbocycles. The highest BCUT2D eigenvalue weighted by Crippen LogP contribution is 2.30. The molecule has 25 heavy (non-hydrogen) atoms. The van der Waals surface area contributed by atoms with Gasteiger partial charge in [-0.1, -0.05) is 19.8 Å². The van der Waals surface area contributed by atoms with Crippen LogP contribution in [-0.4, -0.2) is 34.7 Å². The normalized spacial score (nSPS) is 20.0. The lowest BCUT2D eigenvalue weighted by Gasteiger charge is -2.27. The maximum atomic E-state index is 12.1. The first kappa shape index (κ1) is 19.1. The number of amides is 1. The number of aromatic hydroxyl groups is 1. The average Bonchev–Trinajstić information content (AvgIpc) is 2.60. The Balaban J connectivity index is 1.87. The fourth-order valence-electron chi connectivity index (χ4n) is 3.18. The van der Waals surface area contributed by atoms with Crippen molar-refractivity contribution in [3.05, 3.63) is 23.8 Å². The molecule has 1 amide bonds. The molecule has 0 heterocycles. The summed E-state index contributed by atoms with van der Waals surface area (Å²) in [7, 11) is 0. The summed E-state index contributed by atoms with van der Waals surface area (Å²) >= 11 is 0. The van der Waals surface area contributed by atoms with Crippen molar-refractivity contribution < 1.29 is 19.8 Å². The van der Waals surface area contributed by atoms with Crippen molar-refractivity contribution in [3.8, 4) is 5.75 Å². The van der Waals surface area contributed by atoms with Gasteiger partial charge in [0.1, 0.15) is 5.75 Å². The van der Waals surface area contributed by atoms with Crippen LogP contribution in [0.4, 0.5) is 5.69 Å². The van der Waals surface area contributed by atoms with Crippen LogP contribution in [0.15, 0.2) is 18.2 Å². The number of carbonyl (C=O) groups is 2. The molecule has 1 aromatic rings. The molecule has 138 valence electrons. The number of carboxylic acid groups (broad SMARTS) is 1. The third-order valence-electron chi connectivity index (χ3n) is 4.76. The van der Waals surface area contributed by atoms with Crippen LogP contribution in [0.5, 0.6) is 5.75 Å². The number of carbonyl (C=O) groups excluding carboxylic acids is 1. The summed E-state index contributed by atoms with van der Waals surface area (Å²) in [5, 5.41) is 25.3. The molecule has 1 saturated carbocycles. The van der Waals surface area contributed by atoms with Crippen LogP contribution in [0.1, 0.15) is 62.2 Å². The van der Waals surface area contributed by atoms with Crippen molar-refractivity contribution in [1.29, 1.82) is 0 Å². The first-order valence-corrected chi connectivity index (χ1v) is 9.11. The zero-order valence-electron chi connectivity index (χ0n) is 14.8. The molecule has 0 aromatic heterocycles. The number of phenolic OH excluding ortho intramolecular Hbond substituents is 1. The molecule has 1 aliphatic rings. The minimum Gasteiger partial charge on any atom is -0.506 e. The Morgan fingerprint density at radius 2 is 1.88 bits per heavy atom. The minimum absolute atomic E-state index is 0.0431. The van der Waals surface area contributed by atoms with E-state index in [0.29, 0.717) is 30.6 Å². The number of phenols is 1. The summed E-state index contributed by atoms with van der Waals surface area (Å²) in [6.07, 6.45) is 5.95. The monoisotopic (exact) mass is 348 g/mol. The van der Waals surface area contributed by atoms with E-state index in [0.717, 1.165) is 32.1 Å². The topological polar surface area (TPSA) is 98.7 Å². The van der Waals surface area contributed by atoms with Crippen LogP contribution in [-0.2, 0) is 4.79 Å². The van der Waals surface area contributed by atoms with Gasteiger partial charge in [0.25, 0.3) is 5.91 Å². The standard InChI is InChI=1S/C19H28N2O4/c1-2-3-4-11-20-18(23)14-7-10-16(17(22)12-14)21-15-8-5-13(6-9-15)19(24)25/h7,10,12-13,15,21-22H,2-6,8-9,11H2,1H3,(H,20,23)(H,24,25). The highest BCUT2D eigenvalue weighted by molar-refractivity contribution is 5.95. The number of carboxylic acids is 1. The highest BCUT2D eigenvalue weighted by Gasteiger charge is 2.26. The third-order valence-corrected chi connectivity index (χ3v) is 4.76. The van der Waals surface area contributed by atoms with Gasteiger partial charge in [-0.15, -0.1) is 0 Å². The quantitative estimate of drug-likeness (QED) is 0.426. The lowest BCUT2D eigenvalue weighted by Crippen LogP contribution is -2.29. The van der Waals surface area contributed by atoms with Gasteiger partial charge in [0.2, 0.25) is 0 Å². The molecule has 6 nitrogen and oxygen atoms in total. The maximum absolute atomic E-state index is 12.1. The van der Waals surface area contributed by atoms with E-state index in [1.54, 1.807) is 12.1 Å². The van der Waals surface area contributed by atoms with Gasteiger partial charge in [-0.25, -0.2) is 0 Å². The number of benzene rings is 1. The number of nitrogens with one attached hydrogen (secondary N) is 2. The van der Waals surface area contributed by atoms with Gasteiger partial charge in [-0.3, -0.25) is 9.59 Å². The smallest absolute Gasteiger partial charge is 0.306 e. The Bertz CT molecular complexity index is 595. The zero-order chi connectivity index (χ0) is 18.2. The average molecular weight is 348 g/mol. The van der Waals surface area contributed by atoms with E-state index < -0.39 is 5.97 Å². The summed E-state index contributed by atoms with van der Waals surface area (Å²) in [5.41, 5.74) is 1.02. The number of rotatable bonds is 8. The Morgan fingerprint density at radius 3 is 2.48 bits per heavy atom.